The Morgan fingerprint density at radius 3 is 2.83 bits per heavy atom. The molecule has 5 nitrogen and oxygen atoms in total. The summed E-state index contributed by atoms with van der Waals surface area (Å²) in [6.07, 6.45) is 0. The van der Waals surface area contributed by atoms with E-state index in [1.54, 1.807) is 0 Å². The van der Waals surface area contributed by atoms with Crippen LogP contribution in [-0.4, -0.2) is 28.8 Å². The van der Waals surface area contributed by atoms with Gasteiger partial charge in [0.1, 0.15) is 5.82 Å². The van der Waals surface area contributed by atoms with Crippen LogP contribution in [0.15, 0.2) is 41.4 Å². The van der Waals surface area contributed by atoms with Crippen LogP contribution in [-0.2, 0) is 7.05 Å². The van der Waals surface area contributed by atoms with E-state index in [4.69, 9.17) is 0 Å². The molecule has 2 aromatic rings. The maximum atomic E-state index is 4.49. The minimum absolute atomic E-state index is 0.817. The number of nitrogens with one attached hydrogen (secondary N) is 2. The van der Waals surface area contributed by atoms with Crippen molar-refractivity contribution in [2.75, 3.05) is 18.4 Å². The van der Waals surface area contributed by atoms with Gasteiger partial charge in [0.05, 0.1) is 12.2 Å². The number of nitrogens with zero attached hydrogens (tertiary/aromatic N) is 3. The molecular weight excluding hydrogens is 226 g/mol. The molecule has 0 fully saturated rings. The summed E-state index contributed by atoms with van der Waals surface area (Å²) in [7, 11) is 1.92. The normalized spacial score (nSPS) is 14.2. The van der Waals surface area contributed by atoms with Gasteiger partial charge in [-0.25, -0.2) is 0 Å². The Morgan fingerprint density at radius 1 is 1.28 bits per heavy atom. The summed E-state index contributed by atoms with van der Waals surface area (Å²) in [6.45, 7) is 1.72. The summed E-state index contributed by atoms with van der Waals surface area (Å²) in [5.74, 6) is 1.75. The standard InChI is InChI=1S/C13H15N5/c1-18-12(16-13-14-7-8-15-13)9-11(17-18)10-5-3-2-4-6-10/h2-6,9H,7-8H2,1H3,(H2,14,15,16). The summed E-state index contributed by atoms with van der Waals surface area (Å²) in [6, 6.07) is 12.2. The number of aliphatic imine (C=N–C) groups is 1. The van der Waals surface area contributed by atoms with Crippen LogP contribution >= 0.6 is 0 Å². The monoisotopic (exact) mass is 241 g/mol. The van der Waals surface area contributed by atoms with Crippen LogP contribution in [0.1, 0.15) is 0 Å². The summed E-state index contributed by atoms with van der Waals surface area (Å²) in [5.41, 5.74) is 2.07. The van der Waals surface area contributed by atoms with Crippen LogP contribution in [0.5, 0.6) is 0 Å². The number of rotatable bonds is 2. The predicted octanol–water partition coefficient (Wildman–Crippen LogP) is 1.46. The van der Waals surface area contributed by atoms with Crippen molar-refractivity contribution in [3.05, 3.63) is 36.4 Å². The molecule has 1 aliphatic rings. The van der Waals surface area contributed by atoms with Crippen LogP contribution in [0.4, 0.5) is 5.82 Å². The lowest BCUT2D eigenvalue weighted by Gasteiger charge is -2.05. The molecule has 0 spiro atoms. The molecule has 0 aliphatic carbocycles. The quantitative estimate of drug-likeness (QED) is 0.837. The highest BCUT2D eigenvalue weighted by molar-refractivity contribution is 5.94. The van der Waals surface area contributed by atoms with E-state index in [-0.39, 0.29) is 0 Å². The van der Waals surface area contributed by atoms with Crippen molar-refractivity contribution in [2.45, 2.75) is 0 Å². The molecule has 18 heavy (non-hydrogen) atoms. The number of hydrogen-bond donors (Lipinski definition) is 2. The van der Waals surface area contributed by atoms with Gasteiger partial charge in [-0.15, -0.1) is 0 Å². The molecule has 5 heteroatoms. The third-order valence-corrected chi connectivity index (χ3v) is 2.87. The van der Waals surface area contributed by atoms with E-state index in [9.17, 15) is 0 Å². The summed E-state index contributed by atoms with van der Waals surface area (Å²) in [5, 5.41) is 10.9. The molecule has 0 bridgehead atoms. The van der Waals surface area contributed by atoms with E-state index in [0.29, 0.717) is 0 Å². The molecule has 92 valence electrons. The second-order valence-electron chi connectivity index (χ2n) is 4.19. The van der Waals surface area contributed by atoms with E-state index < -0.39 is 0 Å². The molecule has 1 aromatic carbocycles. The molecule has 0 saturated carbocycles. The number of hydrogen-bond acceptors (Lipinski definition) is 4. The van der Waals surface area contributed by atoms with Gasteiger partial charge in [0, 0.05) is 25.2 Å². The number of anilines is 1. The first-order valence-electron chi connectivity index (χ1n) is 5.98. The molecule has 0 saturated heterocycles. The fourth-order valence-electron chi connectivity index (χ4n) is 1.94. The van der Waals surface area contributed by atoms with E-state index in [0.717, 1.165) is 36.1 Å². The van der Waals surface area contributed by atoms with Gasteiger partial charge in [0.15, 0.2) is 5.96 Å². The maximum absolute atomic E-state index is 4.49. The van der Waals surface area contributed by atoms with Crippen LogP contribution in [0.3, 0.4) is 0 Å². The van der Waals surface area contributed by atoms with Crippen molar-refractivity contribution in [3.8, 4) is 11.3 Å². The minimum Gasteiger partial charge on any atom is -0.354 e. The molecule has 1 aromatic heterocycles. The van der Waals surface area contributed by atoms with Gasteiger partial charge in [-0.05, 0) is 0 Å². The largest absolute Gasteiger partial charge is 0.354 e. The highest BCUT2D eigenvalue weighted by Crippen LogP contribution is 2.20. The van der Waals surface area contributed by atoms with Crippen molar-refractivity contribution >= 4 is 11.8 Å². The second-order valence-corrected chi connectivity index (χ2v) is 4.19. The minimum atomic E-state index is 0.817. The topological polar surface area (TPSA) is 54.2 Å². The Labute approximate surface area is 106 Å². The van der Waals surface area contributed by atoms with Crippen molar-refractivity contribution in [1.82, 2.24) is 15.1 Å². The molecule has 2 heterocycles. The van der Waals surface area contributed by atoms with E-state index in [1.807, 2.05) is 36.0 Å². The number of aromatic nitrogens is 2. The van der Waals surface area contributed by atoms with Crippen molar-refractivity contribution in [3.63, 3.8) is 0 Å². The Hall–Kier alpha value is -2.30. The Balaban J connectivity index is 1.86. The summed E-state index contributed by atoms with van der Waals surface area (Å²) < 4.78 is 1.82. The average molecular weight is 241 g/mol. The van der Waals surface area contributed by atoms with E-state index in [2.05, 4.69) is 32.9 Å². The smallest absolute Gasteiger partial charge is 0.197 e. The third kappa shape index (κ3) is 2.07. The van der Waals surface area contributed by atoms with Gasteiger partial charge < -0.3 is 10.6 Å². The Kier molecular flexibility index (Phi) is 2.72. The van der Waals surface area contributed by atoms with Crippen LogP contribution in [0.2, 0.25) is 0 Å². The zero-order valence-corrected chi connectivity index (χ0v) is 10.2. The van der Waals surface area contributed by atoms with Crippen LogP contribution in [0, 0.1) is 0 Å². The average Bonchev–Trinajstić information content (AvgIpc) is 3.02. The first kappa shape index (κ1) is 10.8. The van der Waals surface area contributed by atoms with E-state index in [1.165, 1.54) is 0 Å². The van der Waals surface area contributed by atoms with Crippen molar-refractivity contribution in [1.29, 1.82) is 0 Å². The lowest BCUT2D eigenvalue weighted by Crippen LogP contribution is -2.27. The lowest BCUT2D eigenvalue weighted by molar-refractivity contribution is 0.780. The van der Waals surface area contributed by atoms with Gasteiger partial charge in [0.25, 0.3) is 0 Å². The third-order valence-electron chi connectivity index (χ3n) is 2.87. The predicted molar refractivity (Wildman–Crippen MR) is 72.6 cm³/mol. The van der Waals surface area contributed by atoms with Crippen molar-refractivity contribution in [2.24, 2.45) is 12.0 Å². The van der Waals surface area contributed by atoms with Crippen LogP contribution < -0.4 is 10.6 Å². The number of guanidine groups is 1. The van der Waals surface area contributed by atoms with Gasteiger partial charge in [-0.3, -0.25) is 9.67 Å². The highest BCUT2D eigenvalue weighted by Gasteiger charge is 2.10. The molecule has 0 amide bonds. The summed E-state index contributed by atoms with van der Waals surface area (Å²) in [4.78, 5) is 4.31. The van der Waals surface area contributed by atoms with Gasteiger partial charge in [0.2, 0.25) is 0 Å². The Bertz CT molecular complexity index is 570. The number of benzene rings is 1. The lowest BCUT2D eigenvalue weighted by atomic mass is 10.2. The first-order valence-corrected chi connectivity index (χ1v) is 5.98. The molecular formula is C13H15N5. The zero-order chi connectivity index (χ0) is 12.4. The molecule has 1 aliphatic heterocycles. The van der Waals surface area contributed by atoms with E-state index >= 15 is 0 Å². The maximum Gasteiger partial charge on any atom is 0.197 e. The fraction of sp³-hybridized carbons (Fsp3) is 0.231. The number of aryl methyl sites for hydroxylation is 1. The Morgan fingerprint density at radius 2 is 2.11 bits per heavy atom. The molecule has 3 rings (SSSR count). The van der Waals surface area contributed by atoms with Crippen LogP contribution in [0.25, 0.3) is 11.3 Å². The molecule has 0 unspecified atom stereocenters. The zero-order valence-electron chi connectivity index (χ0n) is 10.2. The summed E-state index contributed by atoms with van der Waals surface area (Å²) >= 11 is 0. The van der Waals surface area contributed by atoms with Gasteiger partial charge in [-0.1, -0.05) is 30.3 Å². The SMILES string of the molecule is Cn1nc(-c2ccccc2)cc1NC1=NCCN1. The van der Waals surface area contributed by atoms with Gasteiger partial charge in [-0.2, -0.15) is 5.10 Å². The molecule has 0 atom stereocenters. The fourth-order valence-corrected chi connectivity index (χ4v) is 1.94. The van der Waals surface area contributed by atoms with Crippen molar-refractivity contribution < 1.29 is 0 Å². The van der Waals surface area contributed by atoms with Gasteiger partial charge >= 0.3 is 0 Å². The molecule has 2 N–H and O–H groups in total. The highest BCUT2D eigenvalue weighted by atomic mass is 15.3. The second kappa shape index (κ2) is 4.52. The molecule has 0 radical (unpaired) electrons. The first-order chi connectivity index (χ1) is 8.83.